The minimum atomic E-state index is -0.632. The second-order valence-electron chi connectivity index (χ2n) is 8.10. The third-order valence-corrected chi connectivity index (χ3v) is 5.64. The highest BCUT2D eigenvalue weighted by atomic mass is 35.5. The van der Waals surface area contributed by atoms with Gasteiger partial charge in [0.1, 0.15) is 10.7 Å². The Hall–Kier alpha value is -3.97. The lowest BCUT2D eigenvalue weighted by atomic mass is 10.1. The van der Waals surface area contributed by atoms with Crippen LogP contribution in [0.3, 0.4) is 0 Å². The monoisotopic (exact) mass is 491 g/mol. The maximum Gasteiger partial charge on any atom is 0.289 e. The van der Waals surface area contributed by atoms with Gasteiger partial charge in [0.25, 0.3) is 17.5 Å². The first-order valence-electron chi connectivity index (χ1n) is 11.2. The molecule has 2 amide bonds. The first-order valence-corrected chi connectivity index (χ1v) is 11.6. The predicted octanol–water partition coefficient (Wildman–Crippen LogP) is 6.31. The molecule has 0 saturated heterocycles. The molecular weight excluding hydrogens is 466 g/mol. The molecule has 7 nitrogen and oxygen atoms in total. The van der Waals surface area contributed by atoms with Gasteiger partial charge in [0.2, 0.25) is 0 Å². The molecule has 0 aliphatic carbocycles. The number of aryl methyl sites for hydroxylation is 2. The topological polar surface area (TPSA) is 101 Å². The molecule has 0 aromatic heterocycles. The molecule has 0 radical (unpaired) electrons. The molecule has 0 spiro atoms. The SMILES string of the molecule is CCCCc1ccc(C(=O)N/C(=C\c2ccc(C)cc2)C(=O)Nc2ccc(Cl)c([N+](=O)[O-])c2)cc1. The minimum absolute atomic E-state index is 0.00786. The minimum Gasteiger partial charge on any atom is -0.320 e. The largest absolute Gasteiger partial charge is 0.320 e. The Balaban J connectivity index is 1.86. The number of hydrogen-bond donors (Lipinski definition) is 2. The molecule has 0 aliphatic heterocycles. The fourth-order valence-corrected chi connectivity index (χ4v) is 3.50. The van der Waals surface area contributed by atoms with Crippen LogP contribution in [0.1, 0.15) is 46.8 Å². The quantitative estimate of drug-likeness (QED) is 0.208. The number of hydrogen-bond acceptors (Lipinski definition) is 4. The molecule has 180 valence electrons. The maximum absolute atomic E-state index is 13.1. The van der Waals surface area contributed by atoms with Crippen LogP contribution in [0.2, 0.25) is 5.02 Å². The Morgan fingerprint density at radius 1 is 1.03 bits per heavy atom. The number of halogens is 1. The van der Waals surface area contributed by atoms with Gasteiger partial charge in [-0.15, -0.1) is 0 Å². The summed E-state index contributed by atoms with van der Waals surface area (Å²) >= 11 is 5.86. The number of carbonyl (C=O) groups is 2. The lowest BCUT2D eigenvalue weighted by Crippen LogP contribution is -2.30. The zero-order valence-electron chi connectivity index (χ0n) is 19.5. The van der Waals surface area contributed by atoms with Crippen LogP contribution in [0.25, 0.3) is 6.08 Å². The van der Waals surface area contributed by atoms with Crippen molar-refractivity contribution < 1.29 is 14.5 Å². The molecule has 0 unspecified atom stereocenters. The van der Waals surface area contributed by atoms with Gasteiger partial charge in [0.15, 0.2) is 0 Å². The zero-order chi connectivity index (χ0) is 25.4. The molecule has 0 atom stereocenters. The summed E-state index contributed by atoms with van der Waals surface area (Å²) in [5, 5.41) is 16.4. The van der Waals surface area contributed by atoms with E-state index < -0.39 is 16.7 Å². The number of nitro benzene ring substituents is 1. The highest BCUT2D eigenvalue weighted by Crippen LogP contribution is 2.27. The molecule has 0 aliphatic rings. The van der Waals surface area contributed by atoms with Crippen LogP contribution in [-0.2, 0) is 11.2 Å². The highest BCUT2D eigenvalue weighted by molar-refractivity contribution is 6.32. The van der Waals surface area contributed by atoms with Crippen LogP contribution in [0.4, 0.5) is 11.4 Å². The first-order chi connectivity index (χ1) is 16.8. The number of nitrogens with one attached hydrogen (secondary N) is 2. The van der Waals surface area contributed by atoms with E-state index in [1.807, 2.05) is 43.3 Å². The van der Waals surface area contributed by atoms with Gasteiger partial charge in [-0.05, 0) is 61.2 Å². The van der Waals surface area contributed by atoms with Crippen molar-refractivity contribution >= 4 is 40.9 Å². The molecule has 3 aromatic carbocycles. The fraction of sp³-hybridized carbons (Fsp3) is 0.185. The lowest BCUT2D eigenvalue weighted by Gasteiger charge is -2.12. The number of amides is 2. The summed E-state index contributed by atoms with van der Waals surface area (Å²) in [5.41, 5.74) is 3.14. The second kappa shape index (κ2) is 11.9. The van der Waals surface area contributed by atoms with E-state index in [1.165, 1.54) is 18.2 Å². The molecule has 3 aromatic rings. The number of carbonyl (C=O) groups excluding carboxylic acids is 2. The van der Waals surface area contributed by atoms with Crippen molar-refractivity contribution in [3.8, 4) is 0 Å². The third kappa shape index (κ3) is 7.25. The van der Waals surface area contributed by atoms with Gasteiger partial charge in [0.05, 0.1) is 4.92 Å². The molecule has 0 saturated carbocycles. The number of rotatable bonds is 9. The van der Waals surface area contributed by atoms with Crippen molar-refractivity contribution in [2.45, 2.75) is 33.1 Å². The van der Waals surface area contributed by atoms with Gasteiger partial charge in [-0.1, -0.05) is 66.9 Å². The Morgan fingerprint density at radius 2 is 1.71 bits per heavy atom. The average Bonchev–Trinajstić information content (AvgIpc) is 2.84. The van der Waals surface area contributed by atoms with Crippen molar-refractivity contribution in [1.29, 1.82) is 0 Å². The highest BCUT2D eigenvalue weighted by Gasteiger charge is 2.18. The average molecular weight is 492 g/mol. The second-order valence-corrected chi connectivity index (χ2v) is 8.51. The summed E-state index contributed by atoms with van der Waals surface area (Å²) in [4.78, 5) is 36.6. The smallest absolute Gasteiger partial charge is 0.289 e. The summed E-state index contributed by atoms with van der Waals surface area (Å²) in [7, 11) is 0. The third-order valence-electron chi connectivity index (χ3n) is 5.32. The van der Waals surface area contributed by atoms with Crippen LogP contribution in [-0.4, -0.2) is 16.7 Å². The molecule has 0 heterocycles. The van der Waals surface area contributed by atoms with Crippen LogP contribution >= 0.6 is 11.6 Å². The molecule has 35 heavy (non-hydrogen) atoms. The lowest BCUT2D eigenvalue weighted by molar-refractivity contribution is -0.384. The Kier molecular flexibility index (Phi) is 8.75. The zero-order valence-corrected chi connectivity index (χ0v) is 20.3. The standard InChI is InChI=1S/C27H26ClN3O4/c1-3-4-5-19-10-12-21(13-11-19)26(32)30-24(16-20-8-6-18(2)7-9-20)27(33)29-22-14-15-23(28)25(17-22)31(34)35/h6-17H,3-5H2,1-2H3,(H,29,33)(H,30,32)/b24-16-. The first kappa shape index (κ1) is 25.6. The molecule has 2 N–H and O–H groups in total. The summed E-state index contributed by atoms with van der Waals surface area (Å²) in [6.45, 7) is 4.07. The van der Waals surface area contributed by atoms with E-state index in [-0.39, 0.29) is 22.1 Å². The molecule has 3 rings (SSSR count). The fourth-order valence-electron chi connectivity index (χ4n) is 3.31. The summed E-state index contributed by atoms with van der Waals surface area (Å²) in [5.74, 6) is -1.07. The number of nitro groups is 1. The number of unbranched alkanes of at least 4 members (excludes halogenated alkanes) is 1. The van der Waals surface area contributed by atoms with Crippen LogP contribution in [0, 0.1) is 17.0 Å². The Morgan fingerprint density at radius 3 is 2.34 bits per heavy atom. The molecule has 8 heteroatoms. The van der Waals surface area contributed by atoms with Crippen LogP contribution in [0.15, 0.2) is 72.4 Å². The summed E-state index contributed by atoms with van der Waals surface area (Å²) in [6.07, 6.45) is 4.64. The van der Waals surface area contributed by atoms with E-state index in [4.69, 9.17) is 11.6 Å². The van der Waals surface area contributed by atoms with Gasteiger partial charge < -0.3 is 10.6 Å². The van der Waals surface area contributed by atoms with E-state index in [0.29, 0.717) is 11.1 Å². The van der Waals surface area contributed by atoms with E-state index in [9.17, 15) is 19.7 Å². The van der Waals surface area contributed by atoms with Crippen molar-refractivity contribution in [3.05, 3.63) is 110 Å². The molecule has 0 fully saturated rings. The number of nitrogens with zero attached hydrogens (tertiary/aromatic N) is 1. The van der Waals surface area contributed by atoms with Crippen molar-refractivity contribution in [1.82, 2.24) is 5.32 Å². The van der Waals surface area contributed by atoms with Crippen molar-refractivity contribution in [2.24, 2.45) is 0 Å². The predicted molar refractivity (Wildman–Crippen MR) is 138 cm³/mol. The van der Waals surface area contributed by atoms with E-state index in [2.05, 4.69) is 17.6 Å². The van der Waals surface area contributed by atoms with Crippen molar-refractivity contribution in [2.75, 3.05) is 5.32 Å². The number of benzene rings is 3. The maximum atomic E-state index is 13.1. The van der Waals surface area contributed by atoms with Crippen molar-refractivity contribution in [3.63, 3.8) is 0 Å². The normalized spacial score (nSPS) is 11.1. The number of anilines is 1. The van der Waals surface area contributed by atoms with E-state index in [0.717, 1.165) is 30.4 Å². The molecular formula is C27H26ClN3O4. The summed E-state index contributed by atoms with van der Waals surface area (Å²) < 4.78 is 0. The van der Waals surface area contributed by atoms with Crippen LogP contribution < -0.4 is 10.6 Å². The van der Waals surface area contributed by atoms with E-state index >= 15 is 0 Å². The van der Waals surface area contributed by atoms with Gasteiger partial charge in [-0.3, -0.25) is 19.7 Å². The van der Waals surface area contributed by atoms with Crippen LogP contribution in [0.5, 0.6) is 0 Å². The summed E-state index contributed by atoms with van der Waals surface area (Å²) in [6, 6.07) is 18.6. The van der Waals surface area contributed by atoms with Gasteiger partial charge in [-0.2, -0.15) is 0 Å². The van der Waals surface area contributed by atoms with Gasteiger partial charge in [0, 0.05) is 17.3 Å². The van der Waals surface area contributed by atoms with Gasteiger partial charge in [-0.25, -0.2) is 0 Å². The Labute approximate surface area is 209 Å². The molecule has 0 bridgehead atoms. The Bertz CT molecular complexity index is 1250. The van der Waals surface area contributed by atoms with Gasteiger partial charge >= 0.3 is 0 Å². The van der Waals surface area contributed by atoms with E-state index in [1.54, 1.807) is 18.2 Å².